The highest BCUT2D eigenvalue weighted by atomic mass is 19.1. The number of primary amides is 2. The van der Waals surface area contributed by atoms with E-state index >= 15 is 0 Å². The predicted molar refractivity (Wildman–Crippen MR) is 98.5 cm³/mol. The molecular weight excluding hydrogens is 351 g/mol. The van der Waals surface area contributed by atoms with Crippen LogP contribution >= 0.6 is 0 Å². The zero-order chi connectivity index (χ0) is 19.4. The Morgan fingerprint density at radius 1 is 0.815 bits per heavy atom. The number of aromatic nitrogens is 2. The Bertz CT molecular complexity index is 1010. The highest BCUT2D eigenvalue weighted by molar-refractivity contribution is 6.02. The van der Waals surface area contributed by atoms with E-state index in [9.17, 15) is 14.0 Å². The lowest BCUT2D eigenvalue weighted by Gasteiger charge is -2.14. The Kier molecular flexibility index (Phi) is 4.93. The van der Waals surface area contributed by atoms with Crippen molar-refractivity contribution in [3.8, 4) is 0 Å². The van der Waals surface area contributed by atoms with Crippen LogP contribution in [0.2, 0.25) is 0 Å². The fourth-order valence-electron chi connectivity index (χ4n) is 2.36. The van der Waals surface area contributed by atoms with Crippen molar-refractivity contribution in [2.75, 3.05) is 10.6 Å². The summed E-state index contributed by atoms with van der Waals surface area (Å²) in [5, 5.41) is 5.87. The van der Waals surface area contributed by atoms with Crippen molar-refractivity contribution >= 4 is 34.8 Å². The highest BCUT2D eigenvalue weighted by Crippen LogP contribution is 2.26. The molecule has 0 aliphatic carbocycles. The lowest BCUT2D eigenvalue weighted by atomic mass is 10.1. The molecule has 0 bridgehead atoms. The van der Waals surface area contributed by atoms with Crippen LogP contribution in [0.5, 0.6) is 0 Å². The molecule has 0 aliphatic heterocycles. The van der Waals surface area contributed by atoms with Crippen LogP contribution in [0.25, 0.3) is 0 Å². The number of carbonyl (C=O) groups is 2. The molecular formula is C18H15FN6O2. The maximum Gasteiger partial charge on any atom is 0.252 e. The number of para-hydroxylation sites is 1. The lowest BCUT2D eigenvalue weighted by molar-refractivity contribution is 0.0993. The summed E-state index contributed by atoms with van der Waals surface area (Å²) in [5.74, 6) is -1.10. The quantitative estimate of drug-likeness (QED) is 0.528. The van der Waals surface area contributed by atoms with E-state index in [0.29, 0.717) is 23.0 Å². The number of benzene rings is 1. The van der Waals surface area contributed by atoms with Gasteiger partial charge in [0.1, 0.15) is 17.5 Å². The average molecular weight is 366 g/mol. The minimum atomic E-state index is -0.701. The molecule has 3 rings (SSSR count). The van der Waals surface area contributed by atoms with Crippen LogP contribution in [0, 0.1) is 5.82 Å². The Labute approximate surface area is 153 Å². The van der Waals surface area contributed by atoms with Gasteiger partial charge in [0.25, 0.3) is 11.8 Å². The first kappa shape index (κ1) is 17.8. The molecule has 136 valence electrons. The average Bonchev–Trinajstić information content (AvgIpc) is 2.64. The van der Waals surface area contributed by atoms with E-state index in [0.717, 1.165) is 6.20 Å². The van der Waals surface area contributed by atoms with Crippen molar-refractivity contribution in [2.24, 2.45) is 11.5 Å². The molecule has 2 heterocycles. The van der Waals surface area contributed by atoms with Gasteiger partial charge in [0.05, 0.1) is 28.7 Å². The smallest absolute Gasteiger partial charge is 0.252 e. The van der Waals surface area contributed by atoms with Crippen LogP contribution in [0.3, 0.4) is 0 Å². The molecule has 0 unspecified atom stereocenters. The summed E-state index contributed by atoms with van der Waals surface area (Å²) < 4.78 is 13.0. The van der Waals surface area contributed by atoms with Gasteiger partial charge in [-0.05, 0) is 24.3 Å². The number of hydrogen-bond donors (Lipinski definition) is 4. The second kappa shape index (κ2) is 7.48. The monoisotopic (exact) mass is 366 g/mol. The molecule has 8 nitrogen and oxygen atoms in total. The van der Waals surface area contributed by atoms with Crippen molar-refractivity contribution in [3.05, 3.63) is 71.8 Å². The van der Waals surface area contributed by atoms with Gasteiger partial charge in [0, 0.05) is 12.3 Å². The molecule has 0 spiro atoms. The van der Waals surface area contributed by atoms with E-state index in [1.165, 1.54) is 24.4 Å². The van der Waals surface area contributed by atoms with Crippen molar-refractivity contribution in [2.45, 2.75) is 0 Å². The predicted octanol–water partition coefficient (Wildman–Crippen LogP) is 2.30. The summed E-state index contributed by atoms with van der Waals surface area (Å²) in [6, 6.07) is 10.8. The number of carbonyl (C=O) groups excluding carboxylic acids is 2. The third-order valence-electron chi connectivity index (χ3n) is 3.61. The van der Waals surface area contributed by atoms with Gasteiger partial charge in [-0.25, -0.2) is 14.4 Å². The third-order valence-corrected chi connectivity index (χ3v) is 3.61. The van der Waals surface area contributed by atoms with Gasteiger partial charge in [-0.1, -0.05) is 12.1 Å². The first-order chi connectivity index (χ1) is 12.9. The molecule has 27 heavy (non-hydrogen) atoms. The second-order valence-corrected chi connectivity index (χ2v) is 5.50. The second-order valence-electron chi connectivity index (χ2n) is 5.50. The number of nitrogens with zero attached hydrogens (tertiary/aromatic N) is 2. The van der Waals surface area contributed by atoms with Gasteiger partial charge < -0.3 is 22.1 Å². The lowest BCUT2D eigenvalue weighted by Crippen LogP contribution is -2.16. The topological polar surface area (TPSA) is 136 Å². The number of hydrogen-bond acceptors (Lipinski definition) is 6. The number of anilines is 4. The fourth-order valence-corrected chi connectivity index (χ4v) is 2.36. The zero-order valence-electron chi connectivity index (χ0n) is 13.9. The number of amides is 2. The molecule has 2 amide bonds. The maximum atomic E-state index is 13.0. The van der Waals surface area contributed by atoms with Crippen molar-refractivity contribution in [3.63, 3.8) is 0 Å². The molecule has 3 aromatic rings. The van der Waals surface area contributed by atoms with Crippen molar-refractivity contribution in [1.82, 2.24) is 9.97 Å². The largest absolute Gasteiger partial charge is 0.366 e. The minimum absolute atomic E-state index is 0.117. The summed E-state index contributed by atoms with van der Waals surface area (Å²) in [5.41, 5.74) is 11.9. The number of halogens is 1. The van der Waals surface area contributed by atoms with Gasteiger partial charge in [-0.3, -0.25) is 9.59 Å². The van der Waals surface area contributed by atoms with E-state index in [2.05, 4.69) is 20.6 Å². The summed E-state index contributed by atoms with van der Waals surface area (Å²) in [6.45, 7) is 0. The van der Waals surface area contributed by atoms with Crippen LogP contribution < -0.4 is 22.1 Å². The van der Waals surface area contributed by atoms with E-state index in [4.69, 9.17) is 11.5 Å². The molecule has 0 aliphatic rings. The molecule has 0 saturated carbocycles. The molecule has 1 aromatic carbocycles. The number of rotatable bonds is 6. The first-order valence-corrected chi connectivity index (χ1v) is 7.78. The molecule has 0 atom stereocenters. The fraction of sp³-hybridized carbons (Fsp3) is 0. The molecule has 6 N–H and O–H groups in total. The van der Waals surface area contributed by atoms with Gasteiger partial charge in [0.2, 0.25) is 0 Å². The first-order valence-electron chi connectivity index (χ1n) is 7.78. The van der Waals surface area contributed by atoms with Gasteiger partial charge >= 0.3 is 0 Å². The standard InChI is InChI=1S/C18H15FN6O2/c19-10-5-6-15(22-8-10)25-16-7-14(12(9-23-16)18(21)27)24-13-4-2-1-3-11(13)17(20)26/h1-9H,(H2,20,26)(H2,21,27)(H2,22,23,24,25). The Hall–Kier alpha value is -4.01. The van der Waals surface area contributed by atoms with Crippen molar-refractivity contribution in [1.29, 1.82) is 0 Å². The maximum absolute atomic E-state index is 13.0. The van der Waals surface area contributed by atoms with Crippen molar-refractivity contribution < 1.29 is 14.0 Å². The van der Waals surface area contributed by atoms with E-state index in [1.54, 1.807) is 24.3 Å². The van der Waals surface area contributed by atoms with Gasteiger partial charge in [-0.15, -0.1) is 0 Å². The van der Waals surface area contributed by atoms with E-state index in [-0.39, 0.29) is 11.1 Å². The summed E-state index contributed by atoms with van der Waals surface area (Å²) in [7, 11) is 0. The normalized spacial score (nSPS) is 10.3. The van der Waals surface area contributed by atoms with Crippen LogP contribution in [0.1, 0.15) is 20.7 Å². The highest BCUT2D eigenvalue weighted by Gasteiger charge is 2.14. The number of nitrogens with one attached hydrogen (secondary N) is 2. The van der Waals surface area contributed by atoms with Gasteiger partial charge in [-0.2, -0.15) is 0 Å². The molecule has 0 saturated heterocycles. The van der Waals surface area contributed by atoms with Crippen LogP contribution in [-0.4, -0.2) is 21.8 Å². The number of pyridine rings is 2. The minimum Gasteiger partial charge on any atom is -0.366 e. The Balaban J connectivity index is 1.96. The van der Waals surface area contributed by atoms with E-state index < -0.39 is 17.6 Å². The van der Waals surface area contributed by atoms with Gasteiger partial charge in [0.15, 0.2) is 0 Å². The third kappa shape index (κ3) is 4.15. The van der Waals surface area contributed by atoms with E-state index in [1.807, 2.05) is 0 Å². The molecule has 0 radical (unpaired) electrons. The van der Waals surface area contributed by atoms with Crippen LogP contribution in [-0.2, 0) is 0 Å². The molecule has 9 heteroatoms. The number of nitrogens with two attached hydrogens (primary N) is 2. The molecule has 0 fully saturated rings. The summed E-state index contributed by atoms with van der Waals surface area (Å²) >= 11 is 0. The SMILES string of the molecule is NC(=O)c1ccccc1Nc1cc(Nc2ccc(F)cn2)ncc1C(N)=O. The molecule has 2 aromatic heterocycles. The van der Waals surface area contributed by atoms with Crippen LogP contribution in [0.15, 0.2) is 54.9 Å². The van der Waals surface area contributed by atoms with Crippen LogP contribution in [0.4, 0.5) is 27.4 Å². The Morgan fingerprint density at radius 2 is 1.52 bits per heavy atom. The summed E-state index contributed by atoms with van der Waals surface area (Å²) in [6.07, 6.45) is 2.34. The summed E-state index contributed by atoms with van der Waals surface area (Å²) in [4.78, 5) is 31.3. The zero-order valence-corrected chi connectivity index (χ0v) is 13.9. The Morgan fingerprint density at radius 3 is 2.19 bits per heavy atom.